The van der Waals surface area contributed by atoms with Crippen LogP contribution in [0.15, 0.2) is 12.3 Å². The Morgan fingerprint density at radius 1 is 1.54 bits per heavy atom. The average molecular weight is 178 g/mol. The van der Waals surface area contributed by atoms with Crippen LogP contribution in [0.3, 0.4) is 0 Å². The van der Waals surface area contributed by atoms with Crippen molar-refractivity contribution in [3.63, 3.8) is 0 Å². The van der Waals surface area contributed by atoms with Crippen molar-refractivity contribution < 1.29 is 0 Å². The molecule has 0 aliphatic carbocycles. The fourth-order valence-corrected chi connectivity index (χ4v) is 1.14. The molecule has 0 bridgehead atoms. The number of rotatable bonds is 1. The predicted octanol–water partition coefficient (Wildman–Crippen LogP) is -0.114. The van der Waals surface area contributed by atoms with Gasteiger partial charge in [-0.05, 0) is 13.0 Å². The molecule has 13 heavy (non-hydrogen) atoms. The molecule has 0 saturated heterocycles. The minimum atomic E-state index is -0.251. The number of nitrogen functional groups attached to an aromatic ring is 1. The minimum absolute atomic E-state index is 0.251. The Morgan fingerprint density at radius 3 is 3.00 bits per heavy atom. The first-order valence-corrected chi connectivity index (χ1v) is 3.91. The van der Waals surface area contributed by atoms with Crippen LogP contribution < -0.4 is 11.5 Å². The normalized spacial score (nSPS) is 13.4. The predicted molar refractivity (Wildman–Crippen MR) is 48.6 cm³/mol. The van der Waals surface area contributed by atoms with Crippen molar-refractivity contribution in [2.24, 2.45) is 5.73 Å². The molecular weight excluding hydrogens is 168 g/mol. The fraction of sp³-hybridized carbons (Fsp3) is 0.286. The molecule has 2 aromatic heterocycles. The van der Waals surface area contributed by atoms with E-state index >= 15 is 0 Å². The van der Waals surface area contributed by atoms with Crippen molar-refractivity contribution in [1.82, 2.24) is 20.0 Å². The van der Waals surface area contributed by atoms with E-state index in [4.69, 9.17) is 11.5 Å². The molecule has 2 heterocycles. The minimum Gasteiger partial charge on any atom is -0.397 e. The molecule has 6 heteroatoms. The summed E-state index contributed by atoms with van der Waals surface area (Å²) in [5.41, 5.74) is 13.1. The lowest BCUT2D eigenvalue weighted by atomic mass is 10.4. The highest BCUT2D eigenvalue weighted by Gasteiger charge is 2.09. The van der Waals surface area contributed by atoms with Crippen molar-refractivity contribution in [2.75, 3.05) is 5.73 Å². The zero-order chi connectivity index (χ0) is 9.42. The van der Waals surface area contributed by atoms with Crippen molar-refractivity contribution in [1.29, 1.82) is 0 Å². The highest BCUT2D eigenvalue weighted by atomic mass is 15.5. The smallest absolute Gasteiger partial charge is 0.182 e. The van der Waals surface area contributed by atoms with Gasteiger partial charge in [-0.2, -0.15) is 0 Å². The van der Waals surface area contributed by atoms with Gasteiger partial charge >= 0.3 is 0 Å². The molecule has 1 unspecified atom stereocenters. The second kappa shape index (κ2) is 2.67. The first kappa shape index (κ1) is 7.93. The van der Waals surface area contributed by atoms with Crippen LogP contribution in [0, 0.1) is 0 Å². The van der Waals surface area contributed by atoms with E-state index in [0.717, 1.165) is 0 Å². The van der Waals surface area contributed by atoms with Crippen molar-refractivity contribution in [3.05, 3.63) is 12.3 Å². The number of aromatic nitrogens is 4. The maximum absolute atomic E-state index is 5.67. The zero-order valence-corrected chi connectivity index (χ0v) is 7.18. The first-order chi connectivity index (χ1) is 6.20. The quantitative estimate of drug-likeness (QED) is 0.635. The topological polar surface area (TPSA) is 95.6 Å². The second-order valence-electron chi connectivity index (χ2n) is 2.85. The van der Waals surface area contributed by atoms with Gasteiger partial charge in [-0.1, -0.05) is 5.21 Å². The maximum Gasteiger partial charge on any atom is 0.182 e. The SMILES string of the molecule is CC(N)n1nnc2c(N)ccnc21. The Balaban J connectivity index is 2.75. The van der Waals surface area contributed by atoms with E-state index in [0.29, 0.717) is 16.9 Å². The molecule has 2 aromatic rings. The summed E-state index contributed by atoms with van der Waals surface area (Å²) in [5.74, 6) is 0. The van der Waals surface area contributed by atoms with Crippen LogP contribution in [0.4, 0.5) is 5.69 Å². The highest BCUT2D eigenvalue weighted by molar-refractivity contribution is 5.82. The Bertz CT molecular complexity index is 431. The Kier molecular flexibility index (Phi) is 1.63. The molecule has 0 aliphatic rings. The molecule has 2 rings (SSSR count). The monoisotopic (exact) mass is 178 g/mol. The summed E-state index contributed by atoms with van der Waals surface area (Å²) in [6, 6.07) is 1.68. The lowest BCUT2D eigenvalue weighted by Gasteiger charge is -2.03. The van der Waals surface area contributed by atoms with E-state index in [-0.39, 0.29) is 6.17 Å². The number of nitrogens with two attached hydrogens (primary N) is 2. The Labute approximate surface area is 74.5 Å². The number of anilines is 1. The summed E-state index contributed by atoms with van der Waals surface area (Å²) >= 11 is 0. The zero-order valence-electron chi connectivity index (χ0n) is 7.18. The van der Waals surface area contributed by atoms with E-state index < -0.39 is 0 Å². The average Bonchev–Trinajstić information content (AvgIpc) is 2.48. The summed E-state index contributed by atoms with van der Waals surface area (Å²) in [6.45, 7) is 1.80. The molecule has 0 radical (unpaired) electrons. The van der Waals surface area contributed by atoms with Gasteiger partial charge in [0.1, 0.15) is 6.17 Å². The molecule has 0 aliphatic heterocycles. The number of hydrogen-bond donors (Lipinski definition) is 2. The van der Waals surface area contributed by atoms with Crippen LogP contribution in [0.5, 0.6) is 0 Å². The molecule has 0 spiro atoms. The van der Waals surface area contributed by atoms with Crippen LogP contribution in [0.1, 0.15) is 13.1 Å². The number of fused-ring (bicyclic) bond motifs is 1. The van der Waals surface area contributed by atoms with Gasteiger partial charge in [-0.3, -0.25) is 0 Å². The molecular formula is C7H10N6. The summed E-state index contributed by atoms with van der Waals surface area (Å²) in [7, 11) is 0. The highest BCUT2D eigenvalue weighted by Crippen LogP contribution is 2.16. The van der Waals surface area contributed by atoms with Gasteiger partial charge in [0, 0.05) is 6.20 Å². The van der Waals surface area contributed by atoms with Crippen LogP contribution >= 0.6 is 0 Å². The molecule has 6 nitrogen and oxygen atoms in total. The molecule has 4 N–H and O–H groups in total. The molecule has 0 saturated carbocycles. The third-order valence-corrected chi connectivity index (χ3v) is 1.78. The standard InChI is InChI=1S/C7H10N6/c1-4(8)13-7-6(11-12-13)5(9)2-3-10-7/h2-4H,8H2,1H3,(H2,9,10). The fourth-order valence-electron chi connectivity index (χ4n) is 1.14. The van der Waals surface area contributed by atoms with Crippen molar-refractivity contribution in [3.8, 4) is 0 Å². The van der Waals surface area contributed by atoms with Gasteiger partial charge in [0.25, 0.3) is 0 Å². The summed E-state index contributed by atoms with van der Waals surface area (Å²) < 4.78 is 1.53. The Morgan fingerprint density at radius 2 is 2.31 bits per heavy atom. The van der Waals surface area contributed by atoms with E-state index in [1.54, 1.807) is 19.2 Å². The van der Waals surface area contributed by atoms with Gasteiger partial charge in [-0.25, -0.2) is 9.67 Å². The number of hydrogen-bond acceptors (Lipinski definition) is 5. The third kappa shape index (κ3) is 1.11. The van der Waals surface area contributed by atoms with Crippen LogP contribution in [0.25, 0.3) is 11.2 Å². The maximum atomic E-state index is 5.67. The van der Waals surface area contributed by atoms with Gasteiger partial charge in [-0.15, -0.1) is 5.10 Å². The second-order valence-corrected chi connectivity index (χ2v) is 2.85. The van der Waals surface area contributed by atoms with Gasteiger partial charge < -0.3 is 11.5 Å². The van der Waals surface area contributed by atoms with Crippen LogP contribution in [-0.2, 0) is 0 Å². The Hall–Kier alpha value is -1.69. The largest absolute Gasteiger partial charge is 0.397 e. The molecule has 0 fully saturated rings. The summed E-state index contributed by atoms with van der Waals surface area (Å²) in [5, 5.41) is 7.74. The van der Waals surface area contributed by atoms with Gasteiger partial charge in [0.2, 0.25) is 0 Å². The van der Waals surface area contributed by atoms with E-state index in [9.17, 15) is 0 Å². The first-order valence-electron chi connectivity index (χ1n) is 3.91. The third-order valence-electron chi connectivity index (χ3n) is 1.78. The lowest BCUT2D eigenvalue weighted by Crippen LogP contribution is -2.16. The van der Waals surface area contributed by atoms with Gasteiger partial charge in [0.15, 0.2) is 11.2 Å². The lowest BCUT2D eigenvalue weighted by molar-refractivity contribution is 0.505. The van der Waals surface area contributed by atoms with E-state index in [1.165, 1.54) is 4.68 Å². The van der Waals surface area contributed by atoms with Gasteiger partial charge in [0.05, 0.1) is 5.69 Å². The van der Waals surface area contributed by atoms with Crippen LogP contribution in [-0.4, -0.2) is 20.0 Å². The molecule has 0 amide bonds. The number of pyridine rings is 1. The molecule has 1 atom stereocenters. The van der Waals surface area contributed by atoms with E-state index in [1.807, 2.05) is 0 Å². The number of nitrogens with zero attached hydrogens (tertiary/aromatic N) is 4. The summed E-state index contributed by atoms with van der Waals surface area (Å²) in [6.07, 6.45) is 1.36. The van der Waals surface area contributed by atoms with E-state index in [2.05, 4.69) is 15.3 Å². The molecule has 68 valence electrons. The van der Waals surface area contributed by atoms with Crippen molar-refractivity contribution >= 4 is 16.9 Å². The van der Waals surface area contributed by atoms with Crippen molar-refractivity contribution in [2.45, 2.75) is 13.1 Å². The van der Waals surface area contributed by atoms with Crippen LogP contribution in [0.2, 0.25) is 0 Å². The molecule has 0 aromatic carbocycles. The summed E-state index contributed by atoms with van der Waals surface area (Å²) in [4.78, 5) is 4.10.